The van der Waals surface area contributed by atoms with Crippen molar-refractivity contribution in [1.29, 1.82) is 0 Å². The molecule has 1 unspecified atom stereocenters. The number of nitrogens with two attached hydrogens (primary N) is 1. The second-order valence-corrected chi connectivity index (χ2v) is 5.54. The lowest BCUT2D eigenvalue weighted by Gasteiger charge is -2.24. The summed E-state index contributed by atoms with van der Waals surface area (Å²) >= 11 is 3.36. The summed E-state index contributed by atoms with van der Waals surface area (Å²) in [7, 11) is 0. The molecule has 2 rings (SSSR count). The van der Waals surface area contributed by atoms with Gasteiger partial charge in [-0.15, -0.1) is 0 Å². The van der Waals surface area contributed by atoms with Crippen LogP contribution in [0.2, 0.25) is 0 Å². The van der Waals surface area contributed by atoms with Crippen molar-refractivity contribution in [3.05, 3.63) is 47.0 Å². The zero-order valence-corrected chi connectivity index (χ0v) is 12.7. The van der Waals surface area contributed by atoms with Gasteiger partial charge in [-0.3, -0.25) is 9.48 Å². The lowest BCUT2D eigenvalue weighted by molar-refractivity contribution is -0.126. The number of aromatic nitrogens is 3. The van der Waals surface area contributed by atoms with E-state index in [1.165, 1.54) is 6.33 Å². The number of carbonyl (C=O) groups excluding carboxylic acids is 1. The number of rotatable bonds is 5. The summed E-state index contributed by atoms with van der Waals surface area (Å²) in [5.74, 6) is -0.222. The molecule has 0 bridgehead atoms. The predicted molar refractivity (Wildman–Crippen MR) is 78.7 cm³/mol. The van der Waals surface area contributed by atoms with Gasteiger partial charge >= 0.3 is 0 Å². The van der Waals surface area contributed by atoms with E-state index >= 15 is 0 Å². The smallest absolute Gasteiger partial charge is 0.244 e. The van der Waals surface area contributed by atoms with Crippen LogP contribution in [0.3, 0.4) is 0 Å². The van der Waals surface area contributed by atoms with E-state index in [9.17, 15) is 4.79 Å². The van der Waals surface area contributed by atoms with Crippen LogP contribution in [0.15, 0.2) is 41.4 Å². The van der Waals surface area contributed by atoms with Gasteiger partial charge in [0.2, 0.25) is 5.91 Å². The standard InChI is InChI=1S/C13H16BrN5O/c1-13(15,10-2-4-11(14)5-3-10)12(20)17-6-7-19-9-16-8-18-19/h2-5,8-9H,6-7,15H2,1H3,(H,17,20). The van der Waals surface area contributed by atoms with Crippen LogP contribution in [-0.2, 0) is 16.9 Å². The van der Waals surface area contributed by atoms with Crippen LogP contribution in [0.4, 0.5) is 0 Å². The van der Waals surface area contributed by atoms with Crippen molar-refractivity contribution in [3.63, 3.8) is 0 Å². The molecule has 1 amide bonds. The molecule has 6 nitrogen and oxygen atoms in total. The van der Waals surface area contributed by atoms with Crippen molar-refractivity contribution >= 4 is 21.8 Å². The molecule has 0 radical (unpaired) electrons. The topological polar surface area (TPSA) is 85.8 Å². The molecule has 0 aliphatic carbocycles. The van der Waals surface area contributed by atoms with Crippen LogP contribution in [-0.4, -0.2) is 27.2 Å². The fourth-order valence-electron chi connectivity index (χ4n) is 1.74. The molecule has 7 heteroatoms. The van der Waals surface area contributed by atoms with Gasteiger partial charge in [0.1, 0.15) is 18.2 Å². The van der Waals surface area contributed by atoms with Crippen LogP contribution in [0.25, 0.3) is 0 Å². The lowest BCUT2D eigenvalue weighted by Crippen LogP contribution is -2.49. The number of amides is 1. The zero-order chi connectivity index (χ0) is 14.6. The third kappa shape index (κ3) is 3.43. The van der Waals surface area contributed by atoms with Gasteiger partial charge in [-0.1, -0.05) is 28.1 Å². The fraction of sp³-hybridized carbons (Fsp3) is 0.308. The Labute approximate surface area is 125 Å². The Morgan fingerprint density at radius 2 is 2.15 bits per heavy atom. The number of benzene rings is 1. The van der Waals surface area contributed by atoms with Gasteiger partial charge in [0, 0.05) is 11.0 Å². The molecular weight excluding hydrogens is 322 g/mol. The van der Waals surface area contributed by atoms with Crippen molar-refractivity contribution < 1.29 is 4.79 Å². The van der Waals surface area contributed by atoms with Crippen LogP contribution in [0, 0.1) is 0 Å². The Kier molecular flexibility index (Phi) is 4.51. The lowest BCUT2D eigenvalue weighted by atomic mass is 9.92. The second-order valence-electron chi connectivity index (χ2n) is 4.62. The summed E-state index contributed by atoms with van der Waals surface area (Å²) in [5, 5.41) is 6.77. The number of hydrogen-bond acceptors (Lipinski definition) is 4. The summed E-state index contributed by atoms with van der Waals surface area (Å²) in [4.78, 5) is 16.0. The van der Waals surface area contributed by atoms with Crippen LogP contribution in [0.1, 0.15) is 12.5 Å². The Bertz CT molecular complexity index is 565. The van der Waals surface area contributed by atoms with E-state index in [-0.39, 0.29) is 5.91 Å². The van der Waals surface area contributed by atoms with Gasteiger partial charge in [0.05, 0.1) is 6.54 Å². The number of nitrogens with zero attached hydrogens (tertiary/aromatic N) is 3. The molecule has 3 N–H and O–H groups in total. The van der Waals surface area contributed by atoms with E-state index in [1.54, 1.807) is 17.9 Å². The molecule has 2 aromatic rings. The van der Waals surface area contributed by atoms with Crippen molar-refractivity contribution in [1.82, 2.24) is 20.1 Å². The Balaban J connectivity index is 1.94. The van der Waals surface area contributed by atoms with Crippen LogP contribution >= 0.6 is 15.9 Å². The van der Waals surface area contributed by atoms with E-state index in [2.05, 4.69) is 31.3 Å². The fourth-order valence-corrected chi connectivity index (χ4v) is 2.01. The average Bonchev–Trinajstić information content (AvgIpc) is 2.92. The maximum absolute atomic E-state index is 12.2. The quantitative estimate of drug-likeness (QED) is 0.853. The Morgan fingerprint density at radius 3 is 2.75 bits per heavy atom. The normalized spacial score (nSPS) is 13.8. The first-order chi connectivity index (χ1) is 9.50. The molecule has 0 saturated heterocycles. The molecule has 0 fully saturated rings. The van der Waals surface area contributed by atoms with Gasteiger partial charge in [-0.2, -0.15) is 5.10 Å². The molecule has 0 aliphatic rings. The third-order valence-corrected chi connectivity index (χ3v) is 3.54. The Hall–Kier alpha value is -1.73. The zero-order valence-electron chi connectivity index (χ0n) is 11.1. The molecule has 0 aliphatic heterocycles. The van der Waals surface area contributed by atoms with Gasteiger partial charge < -0.3 is 11.1 Å². The number of hydrogen-bond donors (Lipinski definition) is 2. The van der Waals surface area contributed by atoms with Gasteiger partial charge in [-0.05, 0) is 24.6 Å². The molecule has 106 valence electrons. The highest BCUT2D eigenvalue weighted by molar-refractivity contribution is 9.10. The first-order valence-electron chi connectivity index (χ1n) is 6.16. The largest absolute Gasteiger partial charge is 0.352 e. The monoisotopic (exact) mass is 337 g/mol. The van der Waals surface area contributed by atoms with E-state index in [4.69, 9.17) is 5.73 Å². The van der Waals surface area contributed by atoms with Crippen LogP contribution < -0.4 is 11.1 Å². The molecule has 1 heterocycles. The van der Waals surface area contributed by atoms with E-state index < -0.39 is 5.54 Å². The van der Waals surface area contributed by atoms with E-state index in [0.717, 1.165) is 10.0 Å². The minimum absolute atomic E-state index is 0.222. The first-order valence-corrected chi connectivity index (χ1v) is 6.95. The summed E-state index contributed by atoms with van der Waals surface area (Å²) < 4.78 is 2.59. The molecule has 1 aromatic carbocycles. The van der Waals surface area contributed by atoms with E-state index in [0.29, 0.717) is 13.1 Å². The maximum Gasteiger partial charge on any atom is 0.244 e. The predicted octanol–water partition coefficient (Wildman–Crippen LogP) is 1.03. The first kappa shape index (κ1) is 14.7. The van der Waals surface area contributed by atoms with Crippen LogP contribution in [0.5, 0.6) is 0 Å². The second kappa shape index (κ2) is 6.15. The molecule has 20 heavy (non-hydrogen) atoms. The van der Waals surface area contributed by atoms with E-state index in [1.807, 2.05) is 24.3 Å². The van der Waals surface area contributed by atoms with Crippen molar-refractivity contribution in [3.8, 4) is 0 Å². The van der Waals surface area contributed by atoms with Gasteiger partial charge in [0.15, 0.2) is 0 Å². The highest BCUT2D eigenvalue weighted by Gasteiger charge is 2.30. The van der Waals surface area contributed by atoms with Crippen molar-refractivity contribution in [2.24, 2.45) is 5.73 Å². The molecular formula is C13H16BrN5O. The maximum atomic E-state index is 12.2. The minimum Gasteiger partial charge on any atom is -0.352 e. The number of nitrogens with one attached hydrogen (secondary N) is 1. The Morgan fingerprint density at radius 1 is 1.45 bits per heavy atom. The minimum atomic E-state index is -1.07. The number of halogens is 1. The van der Waals surface area contributed by atoms with Gasteiger partial charge in [-0.25, -0.2) is 4.98 Å². The van der Waals surface area contributed by atoms with Crippen molar-refractivity contribution in [2.45, 2.75) is 19.0 Å². The molecule has 0 spiro atoms. The molecule has 1 atom stereocenters. The summed E-state index contributed by atoms with van der Waals surface area (Å²) in [6.45, 7) is 2.70. The summed E-state index contributed by atoms with van der Waals surface area (Å²) in [6, 6.07) is 7.40. The summed E-state index contributed by atoms with van der Waals surface area (Å²) in [5.41, 5.74) is 5.83. The SMILES string of the molecule is CC(N)(C(=O)NCCn1cncn1)c1ccc(Br)cc1. The summed E-state index contributed by atoms with van der Waals surface area (Å²) in [6.07, 6.45) is 3.05. The highest BCUT2D eigenvalue weighted by atomic mass is 79.9. The third-order valence-electron chi connectivity index (χ3n) is 3.01. The highest BCUT2D eigenvalue weighted by Crippen LogP contribution is 2.20. The van der Waals surface area contributed by atoms with Gasteiger partial charge in [0.25, 0.3) is 0 Å². The average molecular weight is 338 g/mol. The molecule has 1 aromatic heterocycles. The van der Waals surface area contributed by atoms with Crippen molar-refractivity contribution in [2.75, 3.05) is 6.54 Å². The molecule has 0 saturated carbocycles. The number of carbonyl (C=O) groups is 1.